The predicted octanol–water partition coefficient (Wildman–Crippen LogP) is 4.35. The van der Waals surface area contributed by atoms with Crippen LogP contribution in [0.25, 0.3) is 11.3 Å². The Labute approximate surface area is 129 Å². The Morgan fingerprint density at radius 2 is 1.74 bits per heavy atom. The highest BCUT2D eigenvalue weighted by molar-refractivity contribution is 5.59. The lowest BCUT2D eigenvalue weighted by molar-refractivity contribution is -0.141. The highest BCUT2D eigenvalue weighted by Crippen LogP contribution is 2.29. The number of aromatic nitrogens is 3. The van der Waals surface area contributed by atoms with Gasteiger partial charge in [0.15, 0.2) is 0 Å². The Morgan fingerprint density at radius 1 is 0.870 bits per heavy atom. The second kappa shape index (κ2) is 6.04. The van der Waals surface area contributed by atoms with Crippen LogP contribution in [0, 0.1) is 0 Å². The molecule has 0 amide bonds. The Bertz CT molecular complexity index is 790. The van der Waals surface area contributed by atoms with Crippen molar-refractivity contribution < 1.29 is 17.9 Å². The minimum atomic E-state index is -4.46. The van der Waals surface area contributed by atoms with Gasteiger partial charge in [0, 0.05) is 30.2 Å². The lowest BCUT2D eigenvalue weighted by Gasteiger charge is -2.08. The van der Waals surface area contributed by atoms with Crippen molar-refractivity contribution >= 4 is 0 Å². The normalized spacial score (nSPS) is 11.3. The molecule has 0 aliphatic carbocycles. The van der Waals surface area contributed by atoms with Crippen molar-refractivity contribution in [1.82, 2.24) is 15.0 Å². The molecule has 0 spiro atoms. The third-order valence-corrected chi connectivity index (χ3v) is 2.95. The van der Waals surface area contributed by atoms with E-state index in [1.807, 2.05) is 0 Å². The lowest BCUT2D eigenvalue weighted by atomic mass is 10.1. The monoisotopic (exact) mass is 317 g/mol. The third kappa shape index (κ3) is 3.63. The zero-order chi connectivity index (χ0) is 16.3. The molecule has 3 aromatic rings. The second-order valence-electron chi connectivity index (χ2n) is 4.60. The molecule has 23 heavy (non-hydrogen) atoms. The van der Waals surface area contributed by atoms with Gasteiger partial charge in [-0.1, -0.05) is 0 Å². The summed E-state index contributed by atoms with van der Waals surface area (Å²) >= 11 is 0. The van der Waals surface area contributed by atoms with E-state index in [-0.39, 0.29) is 0 Å². The Morgan fingerprint density at radius 3 is 2.39 bits per heavy atom. The third-order valence-electron chi connectivity index (χ3n) is 2.95. The number of pyridine rings is 3. The van der Waals surface area contributed by atoms with Crippen LogP contribution >= 0.6 is 0 Å². The molecule has 116 valence electrons. The van der Waals surface area contributed by atoms with E-state index in [1.54, 1.807) is 36.7 Å². The summed E-state index contributed by atoms with van der Waals surface area (Å²) in [6, 6.07) is 8.99. The fourth-order valence-electron chi connectivity index (χ4n) is 1.89. The van der Waals surface area contributed by atoms with Crippen molar-refractivity contribution in [2.24, 2.45) is 0 Å². The number of halogens is 3. The fraction of sp³-hybridized carbons (Fsp3) is 0.0625. The summed E-state index contributed by atoms with van der Waals surface area (Å²) in [5.74, 6) is 1.05. The maximum atomic E-state index is 12.5. The Kier molecular flexibility index (Phi) is 3.92. The van der Waals surface area contributed by atoms with Gasteiger partial charge in [0.25, 0.3) is 0 Å². The van der Waals surface area contributed by atoms with E-state index >= 15 is 0 Å². The molecular formula is C16H10F3N3O. The van der Waals surface area contributed by atoms with Crippen LogP contribution in [0.1, 0.15) is 5.69 Å². The summed E-state index contributed by atoms with van der Waals surface area (Å²) in [4.78, 5) is 11.5. The molecular weight excluding hydrogens is 307 g/mol. The molecule has 0 unspecified atom stereocenters. The van der Waals surface area contributed by atoms with Crippen molar-refractivity contribution in [2.45, 2.75) is 6.18 Å². The molecule has 0 aromatic carbocycles. The fourth-order valence-corrected chi connectivity index (χ4v) is 1.89. The van der Waals surface area contributed by atoms with Gasteiger partial charge in [0.1, 0.15) is 17.2 Å². The van der Waals surface area contributed by atoms with Gasteiger partial charge in [-0.2, -0.15) is 13.2 Å². The van der Waals surface area contributed by atoms with E-state index < -0.39 is 11.9 Å². The van der Waals surface area contributed by atoms with Gasteiger partial charge >= 0.3 is 6.18 Å². The number of hydrogen-bond donors (Lipinski definition) is 0. The first kappa shape index (κ1) is 15.0. The number of nitrogens with zero attached hydrogens (tertiary/aromatic N) is 3. The summed E-state index contributed by atoms with van der Waals surface area (Å²) in [5.41, 5.74) is -0.00809. The molecule has 3 aromatic heterocycles. The molecule has 0 bridgehead atoms. The molecule has 0 saturated heterocycles. The molecule has 0 radical (unpaired) electrons. The molecule has 0 saturated carbocycles. The van der Waals surface area contributed by atoms with Crippen molar-refractivity contribution in [3.05, 3.63) is 66.9 Å². The van der Waals surface area contributed by atoms with Crippen molar-refractivity contribution in [1.29, 1.82) is 0 Å². The SMILES string of the molecule is FC(F)(F)c1ccc(-c2cc(Oc3cccnc3)ccn2)cn1. The van der Waals surface area contributed by atoms with E-state index in [0.29, 0.717) is 22.8 Å². The first-order valence-corrected chi connectivity index (χ1v) is 6.60. The molecule has 4 nitrogen and oxygen atoms in total. The molecule has 0 fully saturated rings. The van der Waals surface area contributed by atoms with Crippen LogP contribution in [0.15, 0.2) is 61.2 Å². The highest BCUT2D eigenvalue weighted by atomic mass is 19.4. The molecule has 0 atom stereocenters. The zero-order valence-corrected chi connectivity index (χ0v) is 11.7. The van der Waals surface area contributed by atoms with Gasteiger partial charge in [-0.25, -0.2) is 0 Å². The first-order valence-electron chi connectivity index (χ1n) is 6.60. The summed E-state index contributed by atoms with van der Waals surface area (Å²) in [7, 11) is 0. The van der Waals surface area contributed by atoms with Gasteiger partial charge in [0.2, 0.25) is 0 Å². The van der Waals surface area contributed by atoms with Crippen molar-refractivity contribution in [2.75, 3.05) is 0 Å². The second-order valence-corrected chi connectivity index (χ2v) is 4.60. The maximum absolute atomic E-state index is 12.5. The number of rotatable bonds is 3. The van der Waals surface area contributed by atoms with Crippen LogP contribution < -0.4 is 4.74 Å². The van der Waals surface area contributed by atoms with Gasteiger partial charge in [-0.05, 0) is 30.3 Å². The standard InChI is InChI=1S/C16H10F3N3O/c17-16(18,19)15-4-3-11(9-22-15)14-8-12(5-7-21-14)23-13-2-1-6-20-10-13/h1-10H. The van der Waals surface area contributed by atoms with Crippen LogP contribution in [0.3, 0.4) is 0 Å². The largest absolute Gasteiger partial charge is 0.456 e. The number of hydrogen-bond acceptors (Lipinski definition) is 4. The lowest BCUT2D eigenvalue weighted by Crippen LogP contribution is -2.07. The molecule has 0 aliphatic rings. The van der Waals surface area contributed by atoms with E-state index in [1.165, 1.54) is 12.3 Å². The molecule has 3 rings (SSSR count). The van der Waals surface area contributed by atoms with Gasteiger partial charge in [0.05, 0.1) is 11.9 Å². The van der Waals surface area contributed by atoms with Gasteiger partial charge in [-0.15, -0.1) is 0 Å². The predicted molar refractivity (Wildman–Crippen MR) is 76.8 cm³/mol. The molecule has 7 heteroatoms. The van der Waals surface area contributed by atoms with Crippen molar-refractivity contribution in [3.8, 4) is 22.8 Å². The van der Waals surface area contributed by atoms with Crippen LogP contribution in [0.4, 0.5) is 13.2 Å². The topological polar surface area (TPSA) is 47.9 Å². The van der Waals surface area contributed by atoms with Crippen LogP contribution in [-0.2, 0) is 6.18 Å². The summed E-state index contributed by atoms with van der Waals surface area (Å²) in [5, 5.41) is 0. The minimum Gasteiger partial charge on any atom is -0.456 e. The molecule has 3 heterocycles. The summed E-state index contributed by atoms with van der Waals surface area (Å²) < 4.78 is 43.2. The van der Waals surface area contributed by atoms with E-state index in [9.17, 15) is 13.2 Å². The minimum absolute atomic E-state index is 0.465. The zero-order valence-electron chi connectivity index (χ0n) is 11.7. The van der Waals surface area contributed by atoms with Crippen LogP contribution in [0.5, 0.6) is 11.5 Å². The van der Waals surface area contributed by atoms with E-state index in [2.05, 4.69) is 15.0 Å². The van der Waals surface area contributed by atoms with E-state index in [0.717, 1.165) is 12.3 Å². The number of ether oxygens (including phenoxy) is 1. The van der Waals surface area contributed by atoms with Crippen molar-refractivity contribution in [3.63, 3.8) is 0 Å². The maximum Gasteiger partial charge on any atom is 0.433 e. The van der Waals surface area contributed by atoms with Gasteiger partial charge < -0.3 is 4.74 Å². The van der Waals surface area contributed by atoms with Crippen LogP contribution in [0.2, 0.25) is 0 Å². The summed E-state index contributed by atoms with van der Waals surface area (Å²) in [6.07, 6.45) is 1.37. The highest BCUT2D eigenvalue weighted by Gasteiger charge is 2.32. The quantitative estimate of drug-likeness (QED) is 0.720. The summed E-state index contributed by atoms with van der Waals surface area (Å²) in [6.45, 7) is 0. The Hall–Kier alpha value is -2.96. The average Bonchev–Trinajstić information content (AvgIpc) is 2.55. The van der Waals surface area contributed by atoms with Gasteiger partial charge in [-0.3, -0.25) is 15.0 Å². The first-order chi connectivity index (χ1) is 11.0. The smallest absolute Gasteiger partial charge is 0.433 e. The molecule has 0 N–H and O–H groups in total. The Balaban J connectivity index is 1.85. The molecule has 0 aliphatic heterocycles. The van der Waals surface area contributed by atoms with E-state index in [4.69, 9.17) is 4.74 Å². The average molecular weight is 317 g/mol. The number of alkyl halides is 3. The van der Waals surface area contributed by atoms with Crippen LogP contribution in [-0.4, -0.2) is 15.0 Å².